The van der Waals surface area contributed by atoms with Gasteiger partial charge >= 0.3 is 0 Å². The van der Waals surface area contributed by atoms with Crippen LogP contribution in [0.25, 0.3) is 0 Å². The summed E-state index contributed by atoms with van der Waals surface area (Å²) < 4.78 is 5.67. The molecular weight excluding hydrogens is 194 g/mol. The predicted octanol–water partition coefficient (Wildman–Crippen LogP) is 0.685. The number of hydrogen-bond acceptors (Lipinski definition) is 3. The van der Waals surface area contributed by atoms with Crippen LogP contribution in [-0.4, -0.2) is 35.4 Å². The molecule has 0 bridgehead atoms. The van der Waals surface area contributed by atoms with Crippen LogP contribution < -0.4 is 5.32 Å². The van der Waals surface area contributed by atoms with Crippen molar-refractivity contribution in [3.05, 3.63) is 0 Å². The van der Waals surface area contributed by atoms with E-state index in [2.05, 4.69) is 5.32 Å². The third-order valence-electron chi connectivity index (χ3n) is 3.15. The van der Waals surface area contributed by atoms with E-state index in [9.17, 15) is 9.90 Å². The molecule has 0 aliphatic carbocycles. The molecule has 0 aromatic heterocycles. The van der Waals surface area contributed by atoms with Gasteiger partial charge in [0.25, 0.3) is 0 Å². The molecule has 1 rings (SSSR count). The van der Waals surface area contributed by atoms with Crippen molar-refractivity contribution in [3.63, 3.8) is 0 Å². The third-order valence-corrected chi connectivity index (χ3v) is 3.15. The molecule has 1 fully saturated rings. The fraction of sp³-hybridized carbons (Fsp3) is 0.909. The zero-order chi connectivity index (χ0) is 11.6. The van der Waals surface area contributed by atoms with Gasteiger partial charge in [0.1, 0.15) is 0 Å². The summed E-state index contributed by atoms with van der Waals surface area (Å²) in [4.78, 5) is 11.0. The Morgan fingerprint density at radius 1 is 1.47 bits per heavy atom. The molecule has 1 aliphatic heterocycles. The van der Waals surface area contributed by atoms with Crippen LogP contribution in [0, 0.1) is 5.92 Å². The molecule has 2 unspecified atom stereocenters. The van der Waals surface area contributed by atoms with Gasteiger partial charge in [-0.05, 0) is 13.3 Å². The van der Waals surface area contributed by atoms with Gasteiger partial charge in [0.2, 0.25) is 5.91 Å². The lowest BCUT2D eigenvalue weighted by Gasteiger charge is -2.42. The molecule has 1 aliphatic rings. The number of hydrogen-bond donors (Lipinski definition) is 2. The Kier molecular flexibility index (Phi) is 4.11. The number of aliphatic hydroxyl groups is 1. The highest BCUT2D eigenvalue weighted by Crippen LogP contribution is 2.27. The molecule has 0 radical (unpaired) electrons. The Morgan fingerprint density at radius 2 is 2.07 bits per heavy atom. The molecule has 4 nitrogen and oxygen atoms in total. The lowest BCUT2D eigenvalue weighted by molar-refractivity contribution is -0.156. The normalized spacial score (nSPS) is 41.3. The van der Waals surface area contributed by atoms with E-state index in [-0.39, 0.29) is 30.1 Å². The first kappa shape index (κ1) is 12.5. The molecule has 5 atom stereocenters. The molecule has 4 heteroatoms. The molecule has 2 N–H and O–H groups in total. The Labute approximate surface area is 91.0 Å². The summed E-state index contributed by atoms with van der Waals surface area (Å²) in [5.41, 5.74) is 0. The molecule has 0 aromatic carbocycles. The van der Waals surface area contributed by atoms with Crippen molar-refractivity contribution in [1.82, 2.24) is 5.32 Å². The second-order valence-electron chi connectivity index (χ2n) is 4.36. The van der Waals surface area contributed by atoms with E-state index in [4.69, 9.17) is 4.74 Å². The van der Waals surface area contributed by atoms with Gasteiger partial charge in [-0.1, -0.05) is 13.8 Å². The van der Waals surface area contributed by atoms with Crippen molar-refractivity contribution in [3.8, 4) is 0 Å². The zero-order valence-electron chi connectivity index (χ0n) is 9.86. The smallest absolute Gasteiger partial charge is 0.217 e. The monoisotopic (exact) mass is 215 g/mol. The van der Waals surface area contributed by atoms with Crippen LogP contribution in [0.5, 0.6) is 0 Å². The quantitative estimate of drug-likeness (QED) is 0.712. The van der Waals surface area contributed by atoms with Gasteiger partial charge in [-0.2, -0.15) is 0 Å². The largest absolute Gasteiger partial charge is 0.390 e. The minimum atomic E-state index is -0.497. The van der Waals surface area contributed by atoms with Crippen LogP contribution in [0.15, 0.2) is 0 Å². The molecule has 15 heavy (non-hydrogen) atoms. The van der Waals surface area contributed by atoms with Gasteiger partial charge in [-0.25, -0.2) is 0 Å². The maximum atomic E-state index is 11.0. The summed E-state index contributed by atoms with van der Waals surface area (Å²) in [5, 5.41) is 12.8. The number of aliphatic hydroxyl groups excluding tert-OH is 1. The highest BCUT2D eigenvalue weighted by molar-refractivity contribution is 5.73. The first-order valence-corrected chi connectivity index (χ1v) is 5.58. The van der Waals surface area contributed by atoms with E-state index in [1.807, 2.05) is 20.8 Å². The Morgan fingerprint density at radius 3 is 2.53 bits per heavy atom. The molecule has 0 spiro atoms. The third kappa shape index (κ3) is 2.69. The van der Waals surface area contributed by atoms with Crippen molar-refractivity contribution in [2.75, 3.05) is 0 Å². The average Bonchev–Trinajstić information content (AvgIpc) is 2.18. The van der Waals surface area contributed by atoms with Crippen LogP contribution in [0.3, 0.4) is 0 Å². The van der Waals surface area contributed by atoms with Gasteiger partial charge in [-0.3, -0.25) is 4.79 Å². The maximum Gasteiger partial charge on any atom is 0.217 e. The summed E-state index contributed by atoms with van der Waals surface area (Å²) in [6.45, 7) is 7.36. The number of carbonyl (C=O) groups excluding carboxylic acids is 1. The van der Waals surface area contributed by atoms with E-state index < -0.39 is 6.10 Å². The van der Waals surface area contributed by atoms with Crippen LogP contribution in [0.2, 0.25) is 0 Å². The van der Waals surface area contributed by atoms with Crippen LogP contribution in [0.1, 0.15) is 34.1 Å². The fourth-order valence-corrected chi connectivity index (χ4v) is 2.24. The van der Waals surface area contributed by atoms with Crippen LogP contribution in [0.4, 0.5) is 0 Å². The van der Waals surface area contributed by atoms with Gasteiger partial charge < -0.3 is 15.2 Å². The predicted molar refractivity (Wildman–Crippen MR) is 57.4 cm³/mol. The van der Waals surface area contributed by atoms with Gasteiger partial charge in [0.15, 0.2) is 0 Å². The van der Waals surface area contributed by atoms with Crippen molar-refractivity contribution < 1.29 is 14.6 Å². The Balaban J connectivity index is 2.70. The van der Waals surface area contributed by atoms with Crippen molar-refractivity contribution in [1.29, 1.82) is 0 Å². The SMILES string of the molecule is CCC1O[C@@H](C)C(NC(C)=O)[C@@H](C)[C@@H]1O. The first-order chi connectivity index (χ1) is 6.97. The van der Waals surface area contributed by atoms with Crippen LogP contribution in [-0.2, 0) is 9.53 Å². The number of nitrogens with one attached hydrogen (secondary N) is 1. The summed E-state index contributed by atoms with van der Waals surface area (Å²) >= 11 is 0. The highest BCUT2D eigenvalue weighted by Gasteiger charge is 2.40. The second kappa shape index (κ2) is 4.94. The van der Waals surface area contributed by atoms with E-state index in [0.29, 0.717) is 0 Å². The zero-order valence-corrected chi connectivity index (χ0v) is 9.86. The van der Waals surface area contributed by atoms with Crippen molar-refractivity contribution in [2.45, 2.75) is 58.5 Å². The molecule has 0 aromatic rings. The fourth-order valence-electron chi connectivity index (χ4n) is 2.24. The Hall–Kier alpha value is -0.610. The summed E-state index contributed by atoms with van der Waals surface area (Å²) in [5.74, 6) is -0.0490. The summed E-state index contributed by atoms with van der Waals surface area (Å²) in [6.07, 6.45) is 0.142. The number of amides is 1. The highest BCUT2D eigenvalue weighted by atomic mass is 16.5. The van der Waals surface area contributed by atoms with Crippen molar-refractivity contribution >= 4 is 5.91 Å². The number of ether oxygens (including phenoxy) is 1. The molecule has 88 valence electrons. The molecule has 0 saturated carbocycles. The van der Waals surface area contributed by atoms with Gasteiger partial charge in [0, 0.05) is 12.8 Å². The average molecular weight is 215 g/mol. The molecular formula is C11H21NO3. The maximum absolute atomic E-state index is 11.0. The first-order valence-electron chi connectivity index (χ1n) is 5.58. The lowest BCUT2D eigenvalue weighted by Crippen LogP contribution is -2.58. The van der Waals surface area contributed by atoms with E-state index in [1.165, 1.54) is 6.92 Å². The molecule has 1 heterocycles. The number of carbonyl (C=O) groups is 1. The second-order valence-corrected chi connectivity index (χ2v) is 4.36. The summed E-state index contributed by atoms with van der Waals surface area (Å²) in [6, 6.07) is -0.0969. The van der Waals surface area contributed by atoms with E-state index in [1.54, 1.807) is 0 Å². The topological polar surface area (TPSA) is 58.6 Å². The minimum Gasteiger partial charge on any atom is -0.390 e. The molecule has 1 saturated heterocycles. The Bertz CT molecular complexity index is 232. The van der Waals surface area contributed by atoms with E-state index >= 15 is 0 Å². The standard InChI is InChI=1S/C11H21NO3/c1-5-9-11(14)6(2)10(7(3)15-9)12-8(4)13/h6-7,9-11,14H,5H2,1-4H3,(H,12,13)/t6-,7+,9?,10?,11+/m1/s1. The van der Waals surface area contributed by atoms with Crippen LogP contribution >= 0.6 is 0 Å². The van der Waals surface area contributed by atoms with Gasteiger partial charge in [-0.15, -0.1) is 0 Å². The molecule has 1 amide bonds. The van der Waals surface area contributed by atoms with Gasteiger partial charge in [0.05, 0.1) is 24.4 Å². The van der Waals surface area contributed by atoms with Crippen molar-refractivity contribution in [2.24, 2.45) is 5.92 Å². The van der Waals surface area contributed by atoms with E-state index in [0.717, 1.165) is 6.42 Å². The lowest BCUT2D eigenvalue weighted by atomic mass is 9.85. The number of rotatable bonds is 2. The minimum absolute atomic E-state index is 0.0302. The summed E-state index contributed by atoms with van der Waals surface area (Å²) in [7, 11) is 0.